The largest absolute Gasteiger partial charge is 0.493 e. The number of hydrogen-bond acceptors (Lipinski definition) is 6. The minimum atomic E-state index is -0.550. The lowest BCUT2D eigenvalue weighted by Gasteiger charge is -2.38. The topological polar surface area (TPSA) is 78.0 Å². The fourth-order valence-electron chi connectivity index (χ4n) is 4.68. The van der Waals surface area contributed by atoms with Gasteiger partial charge in [0.25, 0.3) is 5.91 Å². The lowest BCUT2D eigenvalue weighted by molar-refractivity contribution is -0.140. The quantitative estimate of drug-likeness (QED) is 0.487. The molecule has 1 fully saturated rings. The summed E-state index contributed by atoms with van der Waals surface area (Å²) in [6.07, 6.45) is 3.04. The van der Waals surface area contributed by atoms with Crippen molar-refractivity contribution in [2.24, 2.45) is 0 Å². The van der Waals surface area contributed by atoms with Crippen molar-refractivity contribution in [1.82, 2.24) is 9.88 Å². The van der Waals surface area contributed by atoms with Gasteiger partial charge in [-0.25, -0.2) is 9.78 Å². The highest BCUT2D eigenvalue weighted by Gasteiger charge is 2.29. The first-order valence-electron chi connectivity index (χ1n) is 11.5. The summed E-state index contributed by atoms with van der Waals surface area (Å²) in [5, 5.41) is 0.670. The van der Waals surface area contributed by atoms with Crippen LogP contribution in [-0.2, 0) is 9.53 Å². The van der Waals surface area contributed by atoms with Crippen molar-refractivity contribution in [2.75, 3.05) is 20.8 Å². The number of esters is 1. The Labute approximate surface area is 199 Å². The van der Waals surface area contributed by atoms with E-state index >= 15 is 0 Å². The van der Waals surface area contributed by atoms with Gasteiger partial charge in [-0.15, -0.1) is 0 Å². The van der Waals surface area contributed by atoms with E-state index in [1.165, 1.54) is 0 Å². The van der Waals surface area contributed by atoms with Crippen LogP contribution in [0.2, 0.25) is 0 Å². The maximum absolute atomic E-state index is 13.2. The number of para-hydroxylation sites is 1. The summed E-state index contributed by atoms with van der Waals surface area (Å²) in [6.45, 7) is 3.80. The predicted octanol–water partition coefficient (Wildman–Crippen LogP) is 4.87. The average Bonchev–Trinajstić information content (AvgIpc) is 2.86. The molecule has 1 aliphatic rings. The van der Waals surface area contributed by atoms with Gasteiger partial charge in [-0.3, -0.25) is 4.79 Å². The molecule has 0 bridgehead atoms. The lowest BCUT2D eigenvalue weighted by atomic mass is 9.97. The number of pyridine rings is 1. The number of amides is 1. The second-order valence-electron chi connectivity index (χ2n) is 8.65. The zero-order chi connectivity index (χ0) is 24.2. The summed E-state index contributed by atoms with van der Waals surface area (Å²) in [6, 6.07) is 14.8. The zero-order valence-corrected chi connectivity index (χ0v) is 20.0. The fourth-order valence-corrected chi connectivity index (χ4v) is 4.68. The van der Waals surface area contributed by atoms with E-state index < -0.39 is 5.97 Å². The molecule has 1 saturated heterocycles. The number of nitrogens with zero attached hydrogens (tertiary/aromatic N) is 2. The van der Waals surface area contributed by atoms with Gasteiger partial charge in [0.05, 0.1) is 31.0 Å². The monoisotopic (exact) mass is 462 g/mol. The van der Waals surface area contributed by atoms with Crippen LogP contribution in [0.5, 0.6) is 11.5 Å². The number of fused-ring (bicyclic) bond motifs is 1. The van der Waals surface area contributed by atoms with Gasteiger partial charge in [0, 0.05) is 23.0 Å². The maximum Gasteiger partial charge on any atom is 0.339 e. The van der Waals surface area contributed by atoms with Gasteiger partial charge in [-0.05, 0) is 63.4 Å². The molecule has 0 spiro atoms. The molecule has 1 aromatic heterocycles. The number of hydrogen-bond donors (Lipinski definition) is 0. The maximum atomic E-state index is 13.2. The normalized spacial score (nSPS) is 17.9. The first-order chi connectivity index (χ1) is 16.4. The lowest BCUT2D eigenvalue weighted by Crippen LogP contribution is -2.49. The molecule has 2 aromatic carbocycles. The average molecular weight is 463 g/mol. The van der Waals surface area contributed by atoms with Gasteiger partial charge in [-0.1, -0.05) is 18.2 Å². The third-order valence-corrected chi connectivity index (χ3v) is 6.42. The summed E-state index contributed by atoms with van der Waals surface area (Å²) in [7, 11) is 3.14. The van der Waals surface area contributed by atoms with Gasteiger partial charge in [-0.2, -0.15) is 0 Å². The molecule has 0 saturated carbocycles. The van der Waals surface area contributed by atoms with Crippen molar-refractivity contribution in [1.29, 1.82) is 0 Å². The summed E-state index contributed by atoms with van der Waals surface area (Å²) >= 11 is 0. The number of methoxy groups -OCH3 is 2. The molecule has 1 aliphatic heterocycles. The number of likely N-dealkylation sites (tertiary alicyclic amines) is 1. The van der Waals surface area contributed by atoms with E-state index in [9.17, 15) is 9.59 Å². The minimum absolute atomic E-state index is 0.147. The van der Waals surface area contributed by atoms with E-state index in [0.717, 1.165) is 24.8 Å². The van der Waals surface area contributed by atoms with Crippen molar-refractivity contribution in [2.45, 2.75) is 45.2 Å². The number of rotatable bonds is 6. The standard InChI is InChI=1S/C27H30N2O5/c1-17-8-7-9-18(2)29(17)26(30)16-34-27(31)21-15-23(28-22-11-6-5-10-20(21)22)19-12-13-24(32-3)25(14-19)33-4/h5-6,10-15,17-18H,7-9,16H2,1-4H3. The molecule has 34 heavy (non-hydrogen) atoms. The van der Waals surface area contributed by atoms with Crippen LogP contribution in [0.4, 0.5) is 0 Å². The molecule has 0 N–H and O–H groups in total. The molecule has 1 amide bonds. The van der Waals surface area contributed by atoms with Gasteiger partial charge >= 0.3 is 5.97 Å². The molecule has 3 aromatic rings. The van der Waals surface area contributed by atoms with Gasteiger partial charge in [0.2, 0.25) is 0 Å². The predicted molar refractivity (Wildman–Crippen MR) is 130 cm³/mol. The van der Waals surface area contributed by atoms with Crippen LogP contribution in [0.15, 0.2) is 48.5 Å². The van der Waals surface area contributed by atoms with Crippen molar-refractivity contribution < 1.29 is 23.8 Å². The third kappa shape index (κ3) is 4.69. The highest BCUT2D eigenvalue weighted by Crippen LogP contribution is 2.33. The SMILES string of the molecule is COc1ccc(-c2cc(C(=O)OCC(=O)N3C(C)CCCC3C)c3ccccc3n2)cc1OC. The number of aromatic nitrogens is 1. The molecular weight excluding hydrogens is 432 g/mol. The Morgan fingerprint density at radius 1 is 0.971 bits per heavy atom. The van der Waals surface area contributed by atoms with Gasteiger partial charge in [0.1, 0.15) is 0 Å². The molecular formula is C27H30N2O5. The van der Waals surface area contributed by atoms with E-state index in [1.807, 2.05) is 55.1 Å². The molecule has 7 heteroatoms. The summed E-state index contributed by atoms with van der Waals surface area (Å²) in [5.41, 5.74) is 2.38. The van der Waals surface area contributed by atoms with Crippen LogP contribution in [0.25, 0.3) is 22.2 Å². The number of carbonyl (C=O) groups excluding carboxylic acids is 2. The van der Waals surface area contributed by atoms with Crippen molar-refractivity contribution in [3.05, 3.63) is 54.1 Å². The van der Waals surface area contributed by atoms with E-state index in [0.29, 0.717) is 33.7 Å². The summed E-state index contributed by atoms with van der Waals surface area (Å²) in [4.78, 5) is 32.6. The van der Waals surface area contributed by atoms with E-state index in [-0.39, 0.29) is 24.6 Å². The molecule has 7 nitrogen and oxygen atoms in total. The number of benzene rings is 2. The molecule has 2 unspecified atom stereocenters. The third-order valence-electron chi connectivity index (χ3n) is 6.42. The van der Waals surface area contributed by atoms with Crippen molar-refractivity contribution >= 4 is 22.8 Å². The van der Waals surface area contributed by atoms with Crippen LogP contribution in [0, 0.1) is 0 Å². The van der Waals surface area contributed by atoms with E-state index in [1.54, 1.807) is 26.4 Å². The van der Waals surface area contributed by atoms with Gasteiger partial charge in [0.15, 0.2) is 18.1 Å². The Morgan fingerprint density at radius 2 is 1.68 bits per heavy atom. The van der Waals surface area contributed by atoms with E-state index in [4.69, 9.17) is 19.2 Å². The molecule has 0 radical (unpaired) electrons. The fraction of sp³-hybridized carbons (Fsp3) is 0.370. The summed E-state index contributed by atoms with van der Waals surface area (Å²) in [5.74, 6) is 0.457. The Morgan fingerprint density at radius 3 is 2.38 bits per heavy atom. The van der Waals surface area contributed by atoms with Crippen LogP contribution in [0.1, 0.15) is 43.5 Å². The first-order valence-corrected chi connectivity index (χ1v) is 11.5. The number of ether oxygens (including phenoxy) is 3. The van der Waals surface area contributed by atoms with Crippen LogP contribution < -0.4 is 9.47 Å². The Bertz CT molecular complexity index is 1200. The number of carbonyl (C=O) groups is 2. The molecule has 2 atom stereocenters. The molecule has 178 valence electrons. The van der Waals surface area contributed by atoms with Crippen LogP contribution >= 0.6 is 0 Å². The second kappa shape index (κ2) is 10.1. The molecule has 4 rings (SSSR count). The van der Waals surface area contributed by atoms with Crippen molar-refractivity contribution in [3.8, 4) is 22.8 Å². The van der Waals surface area contributed by atoms with Crippen LogP contribution in [0.3, 0.4) is 0 Å². The zero-order valence-electron chi connectivity index (χ0n) is 20.0. The Balaban J connectivity index is 1.63. The molecule has 0 aliphatic carbocycles. The van der Waals surface area contributed by atoms with Crippen molar-refractivity contribution in [3.63, 3.8) is 0 Å². The Hall–Kier alpha value is -3.61. The second-order valence-corrected chi connectivity index (χ2v) is 8.65. The number of piperidine rings is 1. The minimum Gasteiger partial charge on any atom is -0.493 e. The first kappa shape index (κ1) is 23.5. The van der Waals surface area contributed by atoms with Crippen LogP contribution in [-0.4, -0.2) is 54.7 Å². The van der Waals surface area contributed by atoms with E-state index in [2.05, 4.69) is 0 Å². The van der Waals surface area contributed by atoms with Gasteiger partial charge < -0.3 is 19.1 Å². The highest BCUT2D eigenvalue weighted by molar-refractivity contribution is 6.05. The highest BCUT2D eigenvalue weighted by atomic mass is 16.5. The smallest absolute Gasteiger partial charge is 0.339 e. The Kier molecular flexibility index (Phi) is 7.01. The molecule has 2 heterocycles. The summed E-state index contributed by atoms with van der Waals surface area (Å²) < 4.78 is 16.3.